The second-order valence-corrected chi connectivity index (χ2v) is 7.53. The van der Waals surface area contributed by atoms with Gasteiger partial charge in [0, 0.05) is 25.0 Å². The number of para-hydroxylation sites is 2. The molecule has 0 amide bonds. The lowest BCUT2D eigenvalue weighted by Crippen LogP contribution is -2.46. The SMILES string of the molecule is CCN1C(C)CCCC1CC(C)n1c(=O)c(C(C)=O)nc2ccccc21. The zero-order valence-corrected chi connectivity index (χ0v) is 16.2. The lowest BCUT2D eigenvalue weighted by Gasteiger charge is -2.41. The van der Waals surface area contributed by atoms with E-state index in [0.29, 0.717) is 17.6 Å². The lowest BCUT2D eigenvalue weighted by atomic mass is 9.92. The van der Waals surface area contributed by atoms with Gasteiger partial charge in [-0.25, -0.2) is 4.98 Å². The number of hydrogen-bond donors (Lipinski definition) is 0. The highest BCUT2D eigenvalue weighted by atomic mass is 16.1. The summed E-state index contributed by atoms with van der Waals surface area (Å²) in [5.41, 5.74) is 1.28. The van der Waals surface area contributed by atoms with Gasteiger partial charge in [0.15, 0.2) is 11.5 Å². The van der Waals surface area contributed by atoms with Crippen molar-refractivity contribution < 1.29 is 4.79 Å². The van der Waals surface area contributed by atoms with Crippen LogP contribution in [0.1, 0.15) is 69.9 Å². The van der Waals surface area contributed by atoms with E-state index in [9.17, 15) is 9.59 Å². The molecule has 1 saturated heterocycles. The number of ketones is 1. The van der Waals surface area contributed by atoms with Crippen molar-refractivity contribution in [2.24, 2.45) is 0 Å². The maximum absolute atomic E-state index is 13.0. The van der Waals surface area contributed by atoms with E-state index in [-0.39, 0.29) is 23.1 Å². The molecule has 5 heteroatoms. The van der Waals surface area contributed by atoms with Crippen molar-refractivity contribution in [1.82, 2.24) is 14.5 Å². The third-order valence-corrected chi connectivity index (χ3v) is 5.74. The molecule has 3 rings (SSSR count). The predicted octanol–water partition coefficient (Wildman–Crippen LogP) is 3.81. The zero-order valence-electron chi connectivity index (χ0n) is 16.2. The number of fused-ring (bicyclic) bond motifs is 1. The molecule has 3 unspecified atom stereocenters. The van der Waals surface area contributed by atoms with Crippen LogP contribution in [0.4, 0.5) is 0 Å². The van der Waals surface area contributed by atoms with Crippen LogP contribution in [0.25, 0.3) is 11.0 Å². The molecule has 1 aliphatic rings. The number of carbonyl (C=O) groups is 1. The maximum Gasteiger partial charge on any atom is 0.280 e. The van der Waals surface area contributed by atoms with Crippen molar-refractivity contribution in [3.05, 3.63) is 40.3 Å². The van der Waals surface area contributed by atoms with Crippen molar-refractivity contribution in [2.75, 3.05) is 6.54 Å². The Hall–Kier alpha value is -2.01. The Morgan fingerprint density at radius 1 is 1.31 bits per heavy atom. The minimum Gasteiger partial charge on any atom is -0.302 e. The van der Waals surface area contributed by atoms with E-state index in [1.165, 1.54) is 26.2 Å². The Balaban J connectivity index is 2.02. The number of aromatic nitrogens is 2. The summed E-state index contributed by atoms with van der Waals surface area (Å²) in [6.07, 6.45) is 4.55. The molecular formula is C21H29N3O2. The number of nitrogens with zero attached hydrogens (tertiary/aromatic N) is 3. The third kappa shape index (κ3) is 3.45. The fourth-order valence-electron chi connectivity index (χ4n) is 4.48. The number of rotatable bonds is 5. The molecule has 1 aliphatic heterocycles. The monoisotopic (exact) mass is 355 g/mol. The number of carbonyl (C=O) groups excluding carboxylic acids is 1. The minimum absolute atomic E-state index is 0.0119. The van der Waals surface area contributed by atoms with Gasteiger partial charge in [-0.1, -0.05) is 25.5 Å². The van der Waals surface area contributed by atoms with Crippen LogP contribution in [0, 0.1) is 0 Å². The van der Waals surface area contributed by atoms with E-state index < -0.39 is 0 Å². The smallest absolute Gasteiger partial charge is 0.280 e. The van der Waals surface area contributed by atoms with Gasteiger partial charge in [-0.2, -0.15) is 0 Å². The van der Waals surface area contributed by atoms with E-state index in [1.807, 2.05) is 24.3 Å². The van der Waals surface area contributed by atoms with Crippen molar-refractivity contribution in [1.29, 1.82) is 0 Å². The number of Topliss-reactive ketones (excluding diaryl/α,β-unsaturated/α-hetero) is 1. The highest BCUT2D eigenvalue weighted by Gasteiger charge is 2.29. The molecule has 1 fully saturated rings. The Bertz CT molecular complexity index is 858. The predicted molar refractivity (Wildman–Crippen MR) is 105 cm³/mol. The van der Waals surface area contributed by atoms with Gasteiger partial charge in [-0.15, -0.1) is 0 Å². The average Bonchev–Trinajstić information content (AvgIpc) is 2.61. The fourth-order valence-corrected chi connectivity index (χ4v) is 4.48. The van der Waals surface area contributed by atoms with Gasteiger partial charge in [0.1, 0.15) is 0 Å². The van der Waals surface area contributed by atoms with Gasteiger partial charge in [-0.05, 0) is 51.8 Å². The van der Waals surface area contributed by atoms with Crippen LogP contribution < -0.4 is 5.56 Å². The summed E-state index contributed by atoms with van der Waals surface area (Å²) in [6, 6.07) is 8.67. The molecule has 0 N–H and O–H groups in total. The van der Waals surface area contributed by atoms with E-state index >= 15 is 0 Å². The Kier molecular flexibility index (Phi) is 5.56. The Morgan fingerprint density at radius 2 is 2.04 bits per heavy atom. The third-order valence-electron chi connectivity index (χ3n) is 5.74. The molecule has 1 aromatic heterocycles. The number of likely N-dealkylation sites (tertiary alicyclic amines) is 1. The molecule has 1 aromatic carbocycles. The van der Waals surface area contributed by atoms with E-state index in [1.54, 1.807) is 4.57 Å². The van der Waals surface area contributed by atoms with Crippen LogP contribution >= 0.6 is 0 Å². The second-order valence-electron chi connectivity index (χ2n) is 7.53. The molecule has 140 valence electrons. The Morgan fingerprint density at radius 3 is 2.73 bits per heavy atom. The number of hydrogen-bond acceptors (Lipinski definition) is 4. The molecular weight excluding hydrogens is 326 g/mol. The average molecular weight is 355 g/mol. The van der Waals surface area contributed by atoms with Crippen molar-refractivity contribution in [3.8, 4) is 0 Å². The number of benzene rings is 1. The summed E-state index contributed by atoms with van der Waals surface area (Å²) in [5, 5.41) is 0. The van der Waals surface area contributed by atoms with Gasteiger partial charge in [-0.3, -0.25) is 14.5 Å². The van der Waals surface area contributed by atoms with Crippen LogP contribution in [-0.4, -0.2) is 38.9 Å². The fraction of sp³-hybridized carbons (Fsp3) is 0.571. The highest BCUT2D eigenvalue weighted by Crippen LogP contribution is 2.29. The van der Waals surface area contributed by atoms with E-state index in [2.05, 4.69) is 30.7 Å². The molecule has 0 radical (unpaired) electrons. The first-order valence-corrected chi connectivity index (χ1v) is 9.72. The summed E-state index contributed by atoms with van der Waals surface area (Å²) in [7, 11) is 0. The standard InChI is InChI=1S/C21H29N3O2/c1-5-23-14(2)9-8-10-17(23)13-15(3)24-19-12-7-6-11-18(19)22-20(16(4)25)21(24)26/h6-7,11-12,14-15,17H,5,8-10,13H2,1-4H3. The second kappa shape index (κ2) is 7.70. The highest BCUT2D eigenvalue weighted by molar-refractivity contribution is 5.93. The summed E-state index contributed by atoms with van der Waals surface area (Å²) in [6.45, 7) is 9.03. The number of piperidine rings is 1. The molecule has 0 saturated carbocycles. The van der Waals surface area contributed by atoms with Crippen molar-refractivity contribution in [3.63, 3.8) is 0 Å². The van der Waals surface area contributed by atoms with Crippen LogP contribution in [0.15, 0.2) is 29.1 Å². The van der Waals surface area contributed by atoms with Gasteiger partial charge in [0.05, 0.1) is 11.0 Å². The molecule has 5 nitrogen and oxygen atoms in total. The van der Waals surface area contributed by atoms with Crippen LogP contribution in [0.2, 0.25) is 0 Å². The van der Waals surface area contributed by atoms with E-state index in [4.69, 9.17) is 0 Å². The van der Waals surface area contributed by atoms with Crippen molar-refractivity contribution in [2.45, 2.75) is 71.5 Å². The molecule has 0 aliphatic carbocycles. The quantitative estimate of drug-likeness (QED) is 0.765. The summed E-state index contributed by atoms with van der Waals surface area (Å²) >= 11 is 0. The van der Waals surface area contributed by atoms with Crippen LogP contribution in [-0.2, 0) is 0 Å². The minimum atomic E-state index is -0.275. The Labute approximate surface area is 155 Å². The molecule has 2 aromatic rings. The molecule has 3 atom stereocenters. The van der Waals surface area contributed by atoms with Crippen LogP contribution in [0.5, 0.6) is 0 Å². The summed E-state index contributed by atoms with van der Waals surface area (Å²) in [5.74, 6) is -0.275. The molecule has 0 spiro atoms. The molecule has 2 heterocycles. The maximum atomic E-state index is 13.0. The molecule has 0 bridgehead atoms. The first-order chi connectivity index (χ1) is 12.4. The summed E-state index contributed by atoms with van der Waals surface area (Å²) < 4.78 is 1.78. The van der Waals surface area contributed by atoms with Gasteiger partial charge in [0.25, 0.3) is 5.56 Å². The topological polar surface area (TPSA) is 55.2 Å². The molecule has 26 heavy (non-hydrogen) atoms. The zero-order chi connectivity index (χ0) is 18.8. The van der Waals surface area contributed by atoms with Crippen LogP contribution in [0.3, 0.4) is 0 Å². The van der Waals surface area contributed by atoms with Crippen molar-refractivity contribution >= 4 is 16.8 Å². The first-order valence-electron chi connectivity index (χ1n) is 9.72. The normalized spacial score (nSPS) is 22.5. The van der Waals surface area contributed by atoms with Gasteiger partial charge in [0.2, 0.25) is 0 Å². The lowest BCUT2D eigenvalue weighted by molar-refractivity contribution is 0.0847. The first kappa shape index (κ1) is 18.8. The summed E-state index contributed by atoms with van der Waals surface area (Å²) in [4.78, 5) is 31.8. The van der Waals surface area contributed by atoms with E-state index in [0.717, 1.165) is 18.5 Å². The largest absolute Gasteiger partial charge is 0.302 e. The van der Waals surface area contributed by atoms with Gasteiger partial charge >= 0.3 is 0 Å². The van der Waals surface area contributed by atoms with Gasteiger partial charge < -0.3 is 4.57 Å².